The summed E-state index contributed by atoms with van der Waals surface area (Å²) >= 11 is 0. The van der Waals surface area contributed by atoms with Crippen molar-refractivity contribution in [1.29, 1.82) is 0 Å². The zero-order valence-electron chi connectivity index (χ0n) is 9.98. The van der Waals surface area contributed by atoms with Crippen LogP contribution in [0.3, 0.4) is 0 Å². The molecule has 1 N–H and O–H groups in total. The second-order valence-electron chi connectivity index (χ2n) is 3.86. The first-order valence-corrected chi connectivity index (χ1v) is 5.67. The van der Waals surface area contributed by atoms with Gasteiger partial charge in [-0.25, -0.2) is 9.59 Å². The summed E-state index contributed by atoms with van der Waals surface area (Å²) < 4.78 is 9.66. The van der Waals surface area contributed by atoms with Gasteiger partial charge in [-0.15, -0.1) is 0 Å². The third kappa shape index (κ3) is 3.79. The van der Waals surface area contributed by atoms with Crippen molar-refractivity contribution in [3.05, 3.63) is 59.9 Å². The van der Waals surface area contributed by atoms with Gasteiger partial charge in [0.25, 0.3) is 0 Å². The average Bonchev–Trinajstić information content (AvgIpc) is 2.82. The molecule has 2 rings (SSSR count). The minimum atomic E-state index is -1.03. The Morgan fingerprint density at radius 3 is 2.68 bits per heavy atom. The fourth-order valence-electron chi connectivity index (χ4n) is 1.48. The Bertz CT molecular complexity index is 530. The van der Waals surface area contributed by atoms with E-state index in [9.17, 15) is 14.7 Å². The molecule has 0 aromatic heterocycles. The molecule has 1 atom stereocenters. The number of carbonyl (C=O) groups is 2. The van der Waals surface area contributed by atoms with E-state index >= 15 is 0 Å². The largest absolute Gasteiger partial charge is 0.459 e. The quantitative estimate of drug-likeness (QED) is 0.823. The monoisotopic (exact) mass is 260 g/mol. The normalized spacial score (nSPS) is 17.3. The fraction of sp³-hybridized carbons (Fsp3) is 0.143. The van der Waals surface area contributed by atoms with Crippen molar-refractivity contribution in [3.8, 4) is 0 Å². The van der Waals surface area contributed by atoms with Crippen LogP contribution in [0.25, 0.3) is 0 Å². The van der Waals surface area contributed by atoms with E-state index in [-0.39, 0.29) is 12.4 Å². The molecule has 0 aliphatic carbocycles. The van der Waals surface area contributed by atoms with Crippen molar-refractivity contribution in [3.63, 3.8) is 0 Å². The number of benzene rings is 1. The number of allylic oxidation sites excluding steroid dienone is 1. The van der Waals surface area contributed by atoms with Crippen molar-refractivity contribution in [1.82, 2.24) is 0 Å². The first kappa shape index (κ1) is 13.0. The molecule has 5 nitrogen and oxygen atoms in total. The molecule has 1 heterocycles. The minimum Gasteiger partial charge on any atom is -0.459 e. The number of hydrogen-bond donors (Lipinski definition) is 1. The standard InChI is InChI=1S/C14H12O5/c15-11(8-12-6-7-13(16)19-12)9-18-14(17)10-4-2-1-3-5-10/h1-8,11,15H,9H2/b12-8-/t11-/m0/s1. The highest BCUT2D eigenvalue weighted by Crippen LogP contribution is 2.10. The van der Waals surface area contributed by atoms with E-state index < -0.39 is 18.0 Å². The van der Waals surface area contributed by atoms with Crippen molar-refractivity contribution < 1.29 is 24.2 Å². The predicted molar refractivity (Wildman–Crippen MR) is 66.0 cm³/mol. The van der Waals surface area contributed by atoms with Crippen LogP contribution >= 0.6 is 0 Å². The van der Waals surface area contributed by atoms with Crippen LogP contribution in [0.5, 0.6) is 0 Å². The maximum Gasteiger partial charge on any atom is 0.338 e. The molecule has 0 radical (unpaired) electrons. The summed E-state index contributed by atoms with van der Waals surface area (Å²) in [6, 6.07) is 8.47. The van der Waals surface area contributed by atoms with E-state index in [2.05, 4.69) is 0 Å². The van der Waals surface area contributed by atoms with E-state index in [1.165, 1.54) is 18.2 Å². The maximum atomic E-state index is 11.6. The van der Waals surface area contributed by atoms with Crippen LogP contribution in [0.15, 0.2) is 54.3 Å². The number of ether oxygens (including phenoxy) is 2. The summed E-state index contributed by atoms with van der Waals surface area (Å²) in [5, 5.41) is 9.61. The van der Waals surface area contributed by atoms with Crippen LogP contribution < -0.4 is 0 Å². The number of esters is 2. The Morgan fingerprint density at radius 2 is 2.05 bits per heavy atom. The van der Waals surface area contributed by atoms with Gasteiger partial charge >= 0.3 is 11.9 Å². The predicted octanol–water partition coefficient (Wildman–Crippen LogP) is 1.20. The lowest BCUT2D eigenvalue weighted by atomic mass is 10.2. The first-order chi connectivity index (χ1) is 9.15. The summed E-state index contributed by atoms with van der Waals surface area (Å²) in [5.41, 5.74) is 0.412. The molecular formula is C14H12O5. The Hall–Kier alpha value is -2.40. The van der Waals surface area contributed by atoms with Crippen LogP contribution in [0.2, 0.25) is 0 Å². The third-order valence-electron chi connectivity index (χ3n) is 2.35. The topological polar surface area (TPSA) is 72.8 Å². The van der Waals surface area contributed by atoms with Crippen molar-refractivity contribution in [2.75, 3.05) is 6.61 Å². The molecular weight excluding hydrogens is 248 g/mol. The molecule has 0 unspecified atom stereocenters. The Labute approximate surface area is 109 Å². The van der Waals surface area contributed by atoms with Gasteiger partial charge in [0.15, 0.2) is 0 Å². The van der Waals surface area contributed by atoms with E-state index in [1.54, 1.807) is 30.3 Å². The van der Waals surface area contributed by atoms with Crippen LogP contribution in [0, 0.1) is 0 Å². The summed E-state index contributed by atoms with van der Waals surface area (Å²) in [5.74, 6) is -0.759. The lowest BCUT2D eigenvalue weighted by Crippen LogP contribution is -2.17. The second kappa shape index (κ2) is 5.97. The number of hydrogen-bond acceptors (Lipinski definition) is 5. The van der Waals surface area contributed by atoms with Crippen LogP contribution in [-0.2, 0) is 14.3 Å². The lowest BCUT2D eigenvalue weighted by Gasteiger charge is -2.08. The molecule has 0 amide bonds. The molecule has 0 bridgehead atoms. The van der Waals surface area contributed by atoms with Gasteiger partial charge < -0.3 is 14.6 Å². The Kier molecular flexibility index (Phi) is 4.10. The van der Waals surface area contributed by atoms with Gasteiger partial charge in [-0.1, -0.05) is 18.2 Å². The summed E-state index contributed by atoms with van der Waals surface area (Å²) in [4.78, 5) is 22.4. The van der Waals surface area contributed by atoms with Crippen LogP contribution in [-0.4, -0.2) is 29.8 Å². The number of aliphatic hydroxyl groups excluding tert-OH is 1. The van der Waals surface area contributed by atoms with E-state index in [4.69, 9.17) is 9.47 Å². The van der Waals surface area contributed by atoms with Gasteiger partial charge in [0.05, 0.1) is 5.56 Å². The van der Waals surface area contributed by atoms with Crippen molar-refractivity contribution >= 4 is 11.9 Å². The van der Waals surface area contributed by atoms with E-state index in [0.717, 1.165) is 0 Å². The molecule has 98 valence electrons. The lowest BCUT2D eigenvalue weighted by molar-refractivity contribution is -0.132. The fourth-order valence-corrected chi connectivity index (χ4v) is 1.48. The van der Waals surface area contributed by atoms with Crippen LogP contribution in [0.1, 0.15) is 10.4 Å². The summed E-state index contributed by atoms with van der Waals surface area (Å²) in [6.45, 7) is -0.206. The van der Waals surface area contributed by atoms with E-state index in [0.29, 0.717) is 5.56 Å². The molecule has 5 heteroatoms. The maximum absolute atomic E-state index is 11.6. The highest BCUT2D eigenvalue weighted by molar-refractivity contribution is 5.89. The zero-order valence-corrected chi connectivity index (χ0v) is 9.98. The van der Waals surface area contributed by atoms with Gasteiger partial charge in [0, 0.05) is 6.08 Å². The molecule has 1 aliphatic rings. The van der Waals surface area contributed by atoms with Gasteiger partial charge in [-0.3, -0.25) is 0 Å². The number of aliphatic hydroxyl groups is 1. The highest BCUT2D eigenvalue weighted by Gasteiger charge is 2.13. The molecule has 1 aliphatic heterocycles. The van der Waals surface area contributed by atoms with Crippen molar-refractivity contribution in [2.24, 2.45) is 0 Å². The zero-order chi connectivity index (χ0) is 13.7. The number of carbonyl (C=O) groups excluding carboxylic acids is 2. The summed E-state index contributed by atoms with van der Waals surface area (Å²) in [6.07, 6.45) is 2.96. The molecule has 19 heavy (non-hydrogen) atoms. The Balaban J connectivity index is 1.84. The number of rotatable bonds is 4. The molecule has 1 aromatic carbocycles. The molecule has 1 aromatic rings. The second-order valence-corrected chi connectivity index (χ2v) is 3.86. The minimum absolute atomic E-state index is 0.206. The van der Waals surface area contributed by atoms with Gasteiger partial charge in [0.1, 0.15) is 18.5 Å². The van der Waals surface area contributed by atoms with Crippen LogP contribution in [0.4, 0.5) is 0 Å². The SMILES string of the molecule is O=C1C=C/C(=C/[C@H](O)COC(=O)c2ccccc2)O1. The molecule has 0 spiro atoms. The highest BCUT2D eigenvalue weighted by atomic mass is 16.5. The van der Waals surface area contributed by atoms with Gasteiger partial charge in [-0.05, 0) is 24.3 Å². The van der Waals surface area contributed by atoms with E-state index in [1.807, 2.05) is 0 Å². The molecule has 0 saturated heterocycles. The smallest absolute Gasteiger partial charge is 0.338 e. The third-order valence-corrected chi connectivity index (χ3v) is 2.35. The van der Waals surface area contributed by atoms with Gasteiger partial charge in [-0.2, -0.15) is 0 Å². The number of cyclic esters (lactones) is 1. The van der Waals surface area contributed by atoms with Crippen molar-refractivity contribution in [2.45, 2.75) is 6.10 Å². The van der Waals surface area contributed by atoms with Gasteiger partial charge in [0.2, 0.25) is 0 Å². The molecule has 0 saturated carbocycles. The Morgan fingerprint density at radius 1 is 1.32 bits per heavy atom. The average molecular weight is 260 g/mol. The summed E-state index contributed by atoms with van der Waals surface area (Å²) in [7, 11) is 0. The first-order valence-electron chi connectivity index (χ1n) is 5.67. The molecule has 0 fully saturated rings.